The van der Waals surface area contributed by atoms with Crippen LogP contribution in [0.1, 0.15) is 6.42 Å². The van der Waals surface area contributed by atoms with Gasteiger partial charge in [-0.3, -0.25) is 0 Å². The highest BCUT2D eigenvalue weighted by molar-refractivity contribution is 5.96. The van der Waals surface area contributed by atoms with Crippen LogP contribution in [0.5, 0.6) is 0 Å². The Balaban J connectivity index is 2.56. The van der Waals surface area contributed by atoms with Gasteiger partial charge in [0, 0.05) is 0 Å². The average molecular weight is 222 g/mol. The number of hydrogen-bond donors (Lipinski definition) is 0. The molecule has 0 aromatic carbocycles. The van der Waals surface area contributed by atoms with Crippen LogP contribution >= 0.6 is 0 Å². The van der Waals surface area contributed by atoms with E-state index >= 15 is 0 Å². The molecule has 0 spiro atoms. The normalized spacial score (nSPS) is 15.3. The van der Waals surface area contributed by atoms with Gasteiger partial charge < -0.3 is 9.47 Å². The number of ether oxygens (including phenoxy) is 2. The molecule has 1 aliphatic heterocycles. The lowest BCUT2D eigenvalue weighted by Gasteiger charge is -2.09. The predicted molar refractivity (Wildman–Crippen MR) is 40.1 cm³/mol. The molecule has 0 saturated heterocycles. The Hall–Kier alpha value is -1.79. The predicted octanol–water partition coefficient (Wildman–Crippen LogP) is 1.44. The van der Waals surface area contributed by atoms with E-state index < -0.39 is 23.9 Å². The number of alkyl halides is 3. The van der Waals surface area contributed by atoms with Gasteiger partial charge in [0.1, 0.15) is 0 Å². The molecule has 0 unspecified atom stereocenters. The van der Waals surface area contributed by atoms with E-state index in [2.05, 4.69) is 9.47 Å². The molecule has 0 aliphatic carbocycles. The number of allylic oxidation sites excluding steroid dienone is 2. The summed E-state index contributed by atoms with van der Waals surface area (Å²) in [5.74, 6) is -4.46. The van der Waals surface area contributed by atoms with Crippen LogP contribution in [0, 0.1) is 0 Å². The van der Waals surface area contributed by atoms with Crippen molar-refractivity contribution in [1.29, 1.82) is 0 Å². The minimum absolute atomic E-state index is 0.324. The van der Waals surface area contributed by atoms with E-state index in [1.807, 2.05) is 0 Å². The van der Waals surface area contributed by atoms with Gasteiger partial charge in [0.15, 0.2) is 0 Å². The molecule has 1 heterocycles. The molecule has 0 N–H and O–H groups in total. The zero-order chi connectivity index (χ0) is 11.5. The molecule has 7 heteroatoms. The molecule has 0 fully saturated rings. The van der Waals surface area contributed by atoms with Gasteiger partial charge in [0.25, 0.3) is 0 Å². The first-order chi connectivity index (χ1) is 6.91. The molecule has 1 rings (SSSR count). The fraction of sp³-hybridized carbons (Fsp3) is 0.250. The number of carbonyl (C=O) groups excluding carboxylic acids is 2. The van der Waals surface area contributed by atoms with Gasteiger partial charge >= 0.3 is 18.1 Å². The molecule has 0 atom stereocenters. The first-order valence-electron chi connectivity index (χ1n) is 3.76. The molecule has 15 heavy (non-hydrogen) atoms. The summed E-state index contributed by atoms with van der Waals surface area (Å²) in [7, 11) is 0. The van der Waals surface area contributed by atoms with E-state index in [-0.39, 0.29) is 0 Å². The number of carbonyl (C=O) groups is 2. The molecule has 0 radical (unpaired) electrons. The van der Waals surface area contributed by atoms with Crippen LogP contribution in [-0.4, -0.2) is 18.1 Å². The standard InChI is InChI=1S/C8H5F3O4/c9-8(10,11)7(13)15-6(12)5-3-1-2-4-14-5/h2-4H,1H2. The monoisotopic (exact) mass is 222 g/mol. The first-order valence-corrected chi connectivity index (χ1v) is 3.76. The lowest BCUT2D eigenvalue weighted by Crippen LogP contribution is -2.28. The van der Waals surface area contributed by atoms with Crippen molar-refractivity contribution in [3.63, 3.8) is 0 Å². The van der Waals surface area contributed by atoms with Crippen LogP contribution in [0.4, 0.5) is 13.2 Å². The van der Waals surface area contributed by atoms with Crippen LogP contribution in [0.15, 0.2) is 24.2 Å². The molecule has 0 saturated carbocycles. The highest BCUT2D eigenvalue weighted by Gasteiger charge is 2.43. The summed E-state index contributed by atoms with van der Waals surface area (Å²) < 4.78 is 43.1. The van der Waals surface area contributed by atoms with Crippen LogP contribution in [0.25, 0.3) is 0 Å². The quantitative estimate of drug-likeness (QED) is 0.497. The van der Waals surface area contributed by atoms with Gasteiger partial charge in [0.05, 0.1) is 6.26 Å². The maximum Gasteiger partial charge on any atom is 0.491 e. The summed E-state index contributed by atoms with van der Waals surface area (Å²) in [6.45, 7) is 0. The Kier molecular flexibility index (Phi) is 3.13. The van der Waals surface area contributed by atoms with Gasteiger partial charge in [-0.2, -0.15) is 13.2 Å². The van der Waals surface area contributed by atoms with Gasteiger partial charge in [-0.05, 0) is 18.6 Å². The molecule has 0 aromatic heterocycles. The SMILES string of the molecule is O=C(OC(=O)C(F)(F)F)C1=CCC=CO1. The molecule has 1 aliphatic rings. The van der Waals surface area contributed by atoms with Crippen molar-refractivity contribution in [2.75, 3.05) is 0 Å². The van der Waals surface area contributed by atoms with Gasteiger partial charge in [0.2, 0.25) is 5.76 Å². The van der Waals surface area contributed by atoms with Crippen LogP contribution < -0.4 is 0 Å². The number of rotatable bonds is 1. The summed E-state index contributed by atoms with van der Waals surface area (Å²) in [5.41, 5.74) is 0. The van der Waals surface area contributed by atoms with Crippen molar-refractivity contribution in [3.8, 4) is 0 Å². The van der Waals surface area contributed by atoms with Crippen molar-refractivity contribution < 1.29 is 32.2 Å². The highest BCUT2D eigenvalue weighted by Crippen LogP contribution is 2.18. The van der Waals surface area contributed by atoms with Gasteiger partial charge in [-0.1, -0.05) is 0 Å². The topological polar surface area (TPSA) is 52.6 Å². The molecule has 4 nitrogen and oxygen atoms in total. The molecule has 0 aromatic rings. The maximum atomic E-state index is 11.7. The third-order valence-corrected chi connectivity index (χ3v) is 1.35. The first kappa shape index (κ1) is 11.3. The average Bonchev–Trinajstić information content (AvgIpc) is 2.17. The van der Waals surface area contributed by atoms with E-state index in [1.54, 1.807) is 0 Å². The minimum Gasteiger partial charge on any atom is -0.458 e. The number of esters is 2. The van der Waals surface area contributed by atoms with E-state index in [4.69, 9.17) is 0 Å². The summed E-state index contributed by atoms with van der Waals surface area (Å²) >= 11 is 0. The maximum absolute atomic E-state index is 11.7. The smallest absolute Gasteiger partial charge is 0.458 e. The largest absolute Gasteiger partial charge is 0.491 e. The van der Waals surface area contributed by atoms with E-state index in [9.17, 15) is 22.8 Å². The van der Waals surface area contributed by atoms with Crippen molar-refractivity contribution in [2.45, 2.75) is 12.6 Å². The van der Waals surface area contributed by atoms with E-state index in [1.165, 1.54) is 12.2 Å². The molecular formula is C8H5F3O4. The Morgan fingerprint density at radius 3 is 2.53 bits per heavy atom. The lowest BCUT2D eigenvalue weighted by molar-refractivity contribution is -0.201. The zero-order valence-electron chi connectivity index (χ0n) is 7.21. The third kappa shape index (κ3) is 3.12. The summed E-state index contributed by atoms with van der Waals surface area (Å²) in [6, 6.07) is 0. The summed E-state index contributed by atoms with van der Waals surface area (Å²) in [6.07, 6.45) is -1.02. The lowest BCUT2D eigenvalue weighted by atomic mass is 10.3. The number of hydrogen-bond acceptors (Lipinski definition) is 4. The zero-order valence-corrected chi connectivity index (χ0v) is 7.21. The Morgan fingerprint density at radius 1 is 1.40 bits per heavy atom. The van der Waals surface area contributed by atoms with Crippen molar-refractivity contribution >= 4 is 11.9 Å². The van der Waals surface area contributed by atoms with Crippen LogP contribution in [0.2, 0.25) is 0 Å². The minimum atomic E-state index is -5.19. The Bertz CT molecular complexity index is 340. The second-order valence-corrected chi connectivity index (χ2v) is 2.47. The van der Waals surface area contributed by atoms with Gasteiger partial charge in [-0.15, -0.1) is 0 Å². The van der Waals surface area contributed by atoms with Gasteiger partial charge in [-0.25, -0.2) is 9.59 Å². The second kappa shape index (κ2) is 4.16. The van der Waals surface area contributed by atoms with Crippen molar-refractivity contribution in [1.82, 2.24) is 0 Å². The molecular weight excluding hydrogens is 217 g/mol. The van der Waals surface area contributed by atoms with Crippen LogP contribution in [-0.2, 0) is 19.1 Å². The third-order valence-electron chi connectivity index (χ3n) is 1.35. The van der Waals surface area contributed by atoms with Crippen LogP contribution in [0.3, 0.4) is 0 Å². The van der Waals surface area contributed by atoms with E-state index in [0.29, 0.717) is 6.42 Å². The summed E-state index contributed by atoms with van der Waals surface area (Å²) in [4.78, 5) is 21.1. The highest BCUT2D eigenvalue weighted by atomic mass is 19.4. The van der Waals surface area contributed by atoms with Crippen molar-refractivity contribution in [3.05, 3.63) is 24.2 Å². The van der Waals surface area contributed by atoms with E-state index in [0.717, 1.165) is 6.26 Å². The Labute approximate surface area is 82.0 Å². The fourth-order valence-corrected chi connectivity index (χ4v) is 0.724. The summed E-state index contributed by atoms with van der Waals surface area (Å²) in [5, 5.41) is 0. The molecule has 82 valence electrons. The molecule has 0 bridgehead atoms. The Morgan fingerprint density at radius 2 is 2.07 bits per heavy atom. The van der Waals surface area contributed by atoms with Crippen molar-refractivity contribution in [2.24, 2.45) is 0 Å². The molecule has 0 amide bonds. The number of halogens is 3. The fourth-order valence-electron chi connectivity index (χ4n) is 0.724. The second-order valence-electron chi connectivity index (χ2n) is 2.47.